The molecule has 0 radical (unpaired) electrons. The lowest BCUT2D eigenvalue weighted by Gasteiger charge is -2.16. The van der Waals surface area contributed by atoms with Crippen molar-refractivity contribution in [3.8, 4) is 0 Å². The zero-order valence-electron chi connectivity index (χ0n) is 6.87. The molecule has 0 aromatic heterocycles. The minimum atomic E-state index is -0.0000463. The summed E-state index contributed by atoms with van der Waals surface area (Å²) in [5.41, 5.74) is 0. The van der Waals surface area contributed by atoms with Crippen LogP contribution in [0.1, 0.15) is 6.42 Å². The lowest BCUT2D eigenvalue weighted by molar-refractivity contribution is -0.173. The molecule has 1 atom stereocenters. The van der Waals surface area contributed by atoms with Gasteiger partial charge in [0.25, 0.3) is 5.91 Å². The van der Waals surface area contributed by atoms with Crippen LogP contribution in [0.2, 0.25) is 0 Å². The molecule has 1 amide bonds. The summed E-state index contributed by atoms with van der Waals surface area (Å²) < 4.78 is 5.07. The number of hydroxylamine groups is 2. The molecule has 4 heteroatoms. The van der Waals surface area contributed by atoms with E-state index in [9.17, 15) is 4.79 Å². The fourth-order valence-electron chi connectivity index (χ4n) is 1.08. The van der Waals surface area contributed by atoms with Gasteiger partial charge in [-0.15, -0.1) is 0 Å². The van der Waals surface area contributed by atoms with Crippen LogP contribution in [-0.4, -0.2) is 38.3 Å². The van der Waals surface area contributed by atoms with Crippen LogP contribution in [-0.2, 0) is 14.4 Å². The quantitative estimate of drug-likeness (QED) is 0.534. The van der Waals surface area contributed by atoms with Crippen LogP contribution in [0.25, 0.3) is 0 Å². The first-order chi connectivity index (χ1) is 5.25. The Kier molecular flexibility index (Phi) is 2.84. The third-order valence-electron chi connectivity index (χ3n) is 1.86. The van der Waals surface area contributed by atoms with E-state index in [-0.39, 0.29) is 11.8 Å². The second kappa shape index (κ2) is 3.69. The summed E-state index contributed by atoms with van der Waals surface area (Å²) in [4.78, 5) is 16.0. The van der Waals surface area contributed by atoms with Gasteiger partial charge in [0.1, 0.15) is 0 Å². The van der Waals surface area contributed by atoms with Crippen molar-refractivity contribution < 1.29 is 14.4 Å². The van der Waals surface area contributed by atoms with Crippen molar-refractivity contribution in [2.24, 2.45) is 5.92 Å². The molecule has 4 nitrogen and oxygen atoms in total. The third kappa shape index (κ3) is 1.91. The SMILES string of the molecule is CON(C)C(=O)[C@@H]1CCOC1. The second-order valence-corrected chi connectivity index (χ2v) is 2.58. The standard InChI is InChI=1S/C7H13NO3/c1-8(10-2)7(9)6-3-4-11-5-6/h6H,3-5H2,1-2H3/t6-/m1/s1. The first-order valence-electron chi connectivity index (χ1n) is 3.65. The maximum Gasteiger partial charge on any atom is 0.251 e. The first kappa shape index (κ1) is 8.49. The van der Waals surface area contributed by atoms with E-state index in [1.54, 1.807) is 7.05 Å². The van der Waals surface area contributed by atoms with Gasteiger partial charge in [0.15, 0.2) is 0 Å². The number of carbonyl (C=O) groups is 1. The maximum absolute atomic E-state index is 11.3. The number of nitrogens with zero attached hydrogens (tertiary/aromatic N) is 1. The molecule has 0 saturated carbocycles. The zero-order chi connectivity index (χ0) is 8.27. The topological polar surface area (TPSA) is 38.8 Å². The molecule has 0 aliphatic carbocycles. The predicted octanol–water partition coefficient (Wildman–Crippen LogP) is 0.0427. The van der Waals surface area contributed by atoms with Crippen molar-refractivity contribution in [2.45, 2.75) is 6.42 Å². The fraction of sp³-hybridized carbons (Fsp3) is 0.857. The van der Waals surface area contributed by atoms with Crippen molar-refractivity contribution in [2.75, 3.05) is 27.4 Å². The predicted molar refractivity (Wildman–Crippen MR) is 38.7 cm³/mol. The van der Waals surface area contributed by atoms with Crippen molar-refractivity contribution in [3.63, 3.8) is 0 Å². The van der Waals surface area contributed by atoms with Gasteiger partial charge in [-0.25, -0.2) is 5.06 Å². The largest absolute Gasteiger partial charge is 0.381 e. The Labute approximate surface area is 66.0 Å². The number of amides is 1. The lowest BCUT2D eigenvalue weighted by atomic mass is 10.1. The van der Waals surface area contributed by atoms with Crippen molar-refractivity contribution in [1.82, 2.24) is 5.06 Å². The number of hydrogen-bond acceptors (Lipinski definition) is 3. The maximum atomic E-state index is 11.3. The molecule has 0 bridgehead atoms. The highest BCUT2D eigenvalue weighted by molar-refractivity contribution is 5.77. The number of ether oxygens (including phenoxy) is 1. The molecule has 1 rings (SSSR count). The molecule has 0 N–H and O–H groups in total. The monoisotopic (exact) mass is 159 g/mol. The minimum Gasteiger partial charge on any atom is -0.381 e. The molecular formula is C7H13NO3. The highest BCUT2D eigenvalue weighted by Gasteiger charge is 2.26. The Morgan fingerprint density at radius 1 is 1.73 bits per heavy atom. The Morgan fingerprint density at radius 3 is 2.91 bits per heavy atom. The Balaban J connectivity index is 2.39. The summed E-state index contributed by atoms with van der Waals surface area (Å²) in [6.45, 7) is 1.22. The summed E-state index contributed by atoms with van der Waals surface area (Å²) in [6, 6.07) is 0. The van der Waals surface area contributed by atoms with Gasteiger partial charge >= 0.3 is 0 Å². The van der Waals surface area contributed by atoms with E-state index in [1.165, 1.54) is 12.2 Å². The summed E-state index contributed by atoms with van der Waals surface area (Å²) in [6.07, 6.45) is 0.812. The molecule has 1 aliphatic heterocycles. The average molecular weight is 159 g/mol. The normalized spacial score (nSPS) is 23.6. The van der Waals surface area contributed by atoms with E-state index >= 15 is 0 Å². The molecule has 0 unspecified atom stereocenters. The van der Waals surface area contributed by atoms with Gasteiger partial charge in [-0.2, -0.15) is 0 Å². The van der Waals surface area contributed by atoms with Gasteiger partial charge < -0.3 is 4.74 Å². The highest BCUT2D eigenvalue weighted by atomic mass is 16.7. The van der Waals surface area contributed by atoms with Gasteiger partial charge in [0, 0.05) is 13.7 Å². The van der Waals surface area contributed by atoms with Gasteiger partial charge in [-0.3, -0.25) is 9.63 Å². The second-order valence-electron chi connectivity index (χ2n) is 2.58. The van der Waals surface area contributed by atoms with Crippen LogP contribution in [0.5, 0.6) is 0 Å². The van der Waals surface area contributed by atoms with E-state index < -0.39 is 0 Å². The Morgan fingerprint density at radius 2 is 2.45 bits per heavy atom. The lowest BCUT2D eigenvalue weighted by Crippen LogP contribution is -2.32. The van der Waals surface area contributed by atoms with E-state index in [1.807, 2.05) is 0 Å². The van der Waals surface area contributed by atoms with Crippen molar-refractivity contribution >= 4 is 5.91 Å². The molecule has 1 fully saturated rings. The number of hydrogen-bond donors (Lipinski definition) is 0. The van der Waals surface area contributed by atoms with Crippen molar-refractivity contribution in [1.29, 1.82) is 0 Å². The Hall–Kier alpha value is -0.610. The van der Waals surface area contributed by atoms with E-state index in [0.29, 0.717) is 13.2 Å². The smallest absolute Gasteiger partial charge is 0.251 e. The van der Waals surface area contributed by atoms with Gasteiger partial charge in [0.2, 0.25) is 0 Å². The van der Waals surface area contributed by atoms with E-state index in [2.05, 4.69) is 0 Å². The molecule has 11 heavy (non-hydrogen) atoms. The summed E-state index contributed by atoms with van der Waals surface area (Å²) >= 11 is 0. The molecular weight excluding hydrogens is 146 g/mol. The fourth-order valence-corrected chi connectivity index (χ4v) is 1.08. The number of carbonyl (C=O) groups excluding carboxylic acids is 1. The number of rotatable bonds is 2. The average Bonchev–Trinajstić information content (AvgIpc) is 2.53. The van der Waals surface area contributed by atoms with Gasteiger partial charge in [-0.1, -0.05) is 0 Å². The molecule has 0 aromatic rings. The van der Waals surface area contributed by atoms with Crippen LogP contribution in [0, 0.1) is 5.92 Å². The molecule has 0 aromatic carbocycles. The molecule has 64 valence electrons. The first-order valence-corrected chi connectivity index (χ1v) is 3.65. The highest BCUT2D eigenvalue weighted by Crippen LogP contribution is 2.14. The Bertz CT molecular complexity index is 143. The van der Waals surface area contributed by atoms with Crippen LogP contribution in [0.4, 0.5) is 0 Å². The molecule has 1 aliphatic rings. The summed E-state index contributed by atoms with van der Waals surface area (Å²) in [5, 5.41) is 1.25. The van der Waals surface area contributed by atoms with Crippen molar-refractivity contribution in [3.05, 3.63) is 0 Å². The molecule has 0 spiro atoms. The zero-order valence-corrected chi connectivity index (χ0v) is 6.87. The summed E-state index contributed by atoms with van der Waals surface area (Å²) in [5.74, 6) is 0.00458. The van der Waals surface area contributed by atoms with Crippen LogP contribution in [0.15, 0.2) is 0 Å². The third-order valence-corrected chi connectivity index (χ3v) is 1.86. The van der Waals surface area contributed by atoms with Crippen LogP contribution >= 0.6 is 0 Å². The molecule has 1 heterocycles. The van der Waals surface area contributed by atoms with Crippen LogP contribution < -0.4 is 0 Å². The van der Waals surface area contributed by atoms with Gasteiger partial charge in [-0.05, 0) is 6.42 Å². The summed E-state index contributed by atoms with van der Waals surface area (Å²) in [7, 11) is 3.09. The van der Waals surface area contributed by atoms with E-state index in [4.69, 9.17) is 9.57 Å². The molecule has 1 saturated heterocycles. The minimum absolute atomic E-state index is 0.0000463. The van der Waals surface area contributed by atoms with Gasteiger partial charge in [0.05, 0.1) is 19.6 Å². The van der Waals surface area contributed by atoms with Crippen LogP contribution in [0.3, 0.4) is 0 Å². The van der Waals surface area contributed by atoms with E-state index in [0.717, 1.165) is 6.42 Å².